The van der Waals surface area contributed by atoms with Gasteiger partial charge >= 0.3 is 0 Å². The second-order valence-corrected chi connectivity index (χ2v) is 5.86. The number of hydrogen-bond donors (Lipinski definition) is 2. The van der Waals surface area contributed by atoms with Crippen LogP contribution in [0.4, 0.5) is 5.69 Å². The van der Waals surface area contributed by atoms with Gasteiger partial charge in [-0.05, 0) is 44.0 Å². The maximum absolute atomic E-state index is 12.8. The molecule has 2 rings (SSSR count). The third-order valence-electron chi connectivity index (χ3n) is 3.51. The van der Waals surface area contributed by atoms with Crippen molar-refractivity contribution >= 4 is 11.6 Å². The van der Waals surface area contributed by atoms with Crippen molar-refractivity contribution in [1.82, 2.24) is 5.32 Å². The van der Waals surface area contributed by atoms with E-state index in [2.05, 4.69) is 10.6 Å². The summed E-state index contributed by atoms with van der Waals surface area (Å²) in [5.74, 6) is 0.550. The average molecular weight is 312 g/mol. The number of benzene rings is 2. The molecule has 23 heavy (non-hydrogen) atoms. The normalized spacial score (nSPS) is 12.0. The lowest BCUT2D eigenvalue weighted by Gasteiger charge is -2.22. The molecule has 1 atom stereocenters. The summed E-state index contributed by atoms with van der Waals surface area (Å²) in [6.45, 7) is 6.03. The van der Waals surface area contributed by atoms with Crippen LogP contribution in [-0.2, 0) is 4.79 Å². The Balaban J connectivity index is 2.26. The van der Waals surface area contributed by atoms with Gasteiger partial charge in [0.1, 0.15) is 11.8 Å². The van der Waals surface area contributed by atoms with Crippen molar-refractivity contribution in [1.29, 1.82) is 0 Å². The highest BCUT2D eigenvalue weighted by Crippen LogP contribution is 2.26. The standard InChI is InChI=1S/C19H24N2O2/c1-13(2)20-18(15-8-6-5-7-9-15)19(22)21-16-12-14(3)10-11-17(16)23-4/h5-13,18,20H,1-4H3,(H,21,22)/t18-/m1/s1. The monoisotopic (exact) mass is 312 g/mol. The van der Waals surface area contributed by atoms with Crippen LogP contribution >= 0.6 is 0 Å². The predicted octanol–water partition coefficient (Wildman–Crippen LogP) is 3.68. The van der Waals surface area contributed by atoms with E-state index in [1.165, 1.54) is 0 Å². The van der Waals surface area contributed by atoms with Crippen LogP contribution in [0.2, 0.25) is 0 Å². The number of nitrogens with one attached hydrogen (secondary N) is 2. The summed E-state index contributed by atoms with van der Waals surface area (Å²) in [7, 11) is 1.60. The summed E-state index contributed by atoms with van der Waals surface area (Å²) in [4.78, 5) is 12.8. The molecule has 0 bridgehead atoms. The molecule has 0 aromatic heterocycles. The number of ether oxygens (including phenoxy) is 1. The van der Waals surface area contributed by atoms with Crippen molar-refractivity contribution in [3.63, 3.8) is 0 Å². The lowest BCUT2D eigenvalue weighted by Crippen LogP contribution is -2.37. The lowest BCUT2D eigenvalue weighted by molar-refractivity contribution is -0.118. The quantitative estimate of drug-likeness (QED) is 0.855. The van der Waals surface area contributed by atoms with Crippen molar-refractivity contribution in [3.05, 3.63) is 59.7 Å². The number of carbonyl (C=O) groups excluding carboxylic acids is 1. The van der Waals surface area contributed by atoms with Crippen molar-refractivity contribution < 1.29 is 9.53 Å². The molecule has 0 aliphatic carbocycles. The molecule has 0 heterocycles. The summed E-state index contributed by atoms with van der Waals surface area (Å²) < 4.78 is 5.33. The fourth-order valence-corrected chi connectivity index (χ4v) is 2.43. The maximum Gasteiger partial charge on any atom is 0.246 e. The zero-order valence-electron chi connectivity index (χ0n) is 14.1. The van der Waals surface area contributed by atoms with Crippen LogP contribution in [0.1, 0.15) is 31.0 Å². The first kappa shape index (κ1) is 17.0. The van der Waals surface area contributed by atoms with E-state index < -0.39 is 6.04 Å². The van der Waals surface area contributed by atoms with Crippen molar-refractivity contribution in [2.24, 2.45) is 0 Å². The molecule has 0 aliphatic heterocycles. The van der Waals surface area contributed by atoms with Gasteiger partial charge < -0.3 is 10.1 Å². The van der Waals surface area contributed by atoms with E-state index in [4.69, 9.17) is 4.74 Å². The zero-order valence-corrected chi connectivity index (χ0v) is 14.1. The molecule has 0 aliphatic rings. The zero-order chi connectivity index (χ0) is 16.8. The second kappa shape index (κ2) is 7.79. The topological polar surface area (TPSA) is 50.4 Å². The van der Waals surface area contributed by atoms with E-state index >= 15 is 0 Å². The summed E-state index contributed by atoms with van der Waals surface area (Å²) >= 11 is 0. The van der Waals surface area contributed by atoms with E-state index in [-0.39, 0.29) is 11.9 Å². The summed E-state index contributed by atoms with van der Waals surface area (Å²) in [6.07, 6.45) is 0. The van der Waals surface area contributed by atoms with Gasteiger partial charge in [-0.25, -0.2) is 0 Å². The molecule has 1 amide bonds. The first-order valence-electron chi connectivity index (χ1n) is 7.77. The van der Waals surface area contributed by atoms with Crippen LogP contribution in [0.3, 0.4) is 0 Å². The molecule has 2 aromatic rings. The first-order chi connectivity index (χ1) is 11.0. The van der Waals surface area contributed by atoms with E-state index in [0.717, 1.165) is 11.1 Å². The largest absolute Gasteiger partial charge is 0.495 e. The Labute approximate surface area is 137 Å². The number of methoxy groups -OCH3 is 1. The van der Waals surface area contributed by atoms with Crippen LogP contribution in [0.5, 0.6) is 5.75 Å². The van der Waals surface area contributed by atoms with Crippen LogP contribution in [0.25, 0.3) is 0 Å². The van der Waals surface area contributed by atoms with Gasteiger partial charge in [-0.2, -0.15) is 0 Å². The number of anilines is 1. The summed E-state index contributed by atoms with van der Waals surface area (Å²) in [5.41, 5.74) is 2.68. The molecular weight excluding hydrogens is 288 g/mol. The van der Waals surface area contributed by atoms with Gasteiger partial charge in [0.25, 0.3) is 0 Å². The average Bonchev–Trinajstić information content (AvgIpc) is 2.53. The van der Waals surface area contributed by atoms with E-state index in [0.29, 0.717) is 11.4 Å². The number of rotatable bonds is 6. The predicted molar refractivity (Wildman–Crippen MR) is 93.8 cm³/mol. The van der Waals surface area contributed by atoms with Gasteiger partial charge in [0, 0.05) is 6.04 Å². The lowest BCUT2D eigenvalue weighted by atomic mass is 10.0. The maximum atomic E-state index is 12.8. The molecule has 2 aromatic carbocycles. The third kappa shape index (κ3) is 4.57. The molecule has 4 nitrogen and oxygen atoms in total. The minimum Gasteiger partial charge on any atom is -0.495 e. The van der Waals surface area contributed by atoms with Crippen LogP contribution < -0.4 is 15.4 Å². The highest BCUT2D eigenvalue weighted by atomic mass is 16.5. The summed E-state index contributed by atoms with van der Waals surface area (Å²) in [6, 6.07) is 15.2. The molecular formula is C19H24N2O2. The van der Waals surface area contributed by atoms with Crippen LogP contribution in [-0.4, -0.2) is 19.1 Å². The van der Waals surface area contributed by atoms with Gasteiger partial charge in [-0.15, -0.1) is 0 Å². The SMILES string of the molecule is COc1ccc(C)cc1NC(=O)[C@H](NC(C)C)c1ccccc1. The number of carbonyl (C=O) groups is 1. The molecule has 0 saturated heterocycles. The number of aryl methyl sites for hydroxylation is 1. The number of hydrogen-bond acceptors (Lipinski definition) is 3. The van der Waals surface area contributed by atoms with Crippen LogP contribution in [0.15, 0.2) is 48.5 Å². The first-order valence-corrected chi connectivity index (χ1v) is 7.77. The third-order valence-corrected chi connectivity index (χ3v) is 3.51. The molecule has 2 N–H and O–H groups in total. The van der Waals surface area contributed by atoms with Gasteiger partial charge in [0.15, 0.2) is 0 Å². The minimum atomic E-state index is -0.415. The van der Waals surface area contributed by atoms with E-state index in [9.17, 15) is 4.79 Å². The Bertz CT molecular complexity index is 654. The van der Waals surface area contributed by atoms with E-state index in [1.54, 1.807) is 7.11 Å². The highest BCUT2D eigenvalue weighted by Gasteiger charge is 2.22. The van der Waals surface area contributed by atoms with Gasteiger partial charge in [0.2, 0.25) is 5.91 Å². The Morgan fingerprint density at radius 3 is 2.39 bits per heavy atom. The molecule has 0 saturated carbocycles. The fraction of sp³-hybridized carbons (Fsp3) is 0.316. The van der Waals surface area contributed by atoms with Gasteiger partial charge in [-0.1, -0.05) is 36.4 Å². The fourth-order valence-electron chi connectivity index (χ4n) is 2.43. The van der Waals surface area contributed by atoms with Crippen LogP contribution in [0, 0.1) is 6.92 Å². The smallest absolute Gasteiger partial charge is 0.246 e. The molecule has 0 unspecified atom stereocenters. The molecule has 122 valence electrons. The number of amides is 1. The molecule has 0 radical (unpaired) electrons. The molecule has 0 spiro atoms. The van der Waals surface area contributed by atoms with Crippen molar-refractivity contribution in [2.45, 2.75) is 32.9 Å². The van der Waals surface area contributed by atoms with E-state index in [1.807, 2.05) is 69.3 Å². The Hall–Kier alpha value is -2.33. The second-order valence-electron chi connectivity index (χ2n) is 5.86. The van der Waals surface area contributed by atoms with Crippen molar-refractivity contribution in [2.75, 3.05) is 12.4 Å². The Morgan fingerprint density at radius 2 is 1.78 bits per heavy atom. The van der Waals surface area contributed by atoms with Crippen molar-refractivity contribution in [3.8, 4) is 5.75 Å². The van der Waals surface area contributed by atoms with Gasteiger partial charge in [-0.3, -0.25) is 10.1 Å². The Morgan fingerprint density at radius 1 is 1.09 bits per heavy atom. The summed E-state index contributed by atoms with van der Waals surface area (Å²) in [5, 5.41) is 6.30. The Kier molecular flexibility index (Phi) is 5.77. The minimum absolute atomic E-state index is 0.103. The molecule has 0 fully saturated rings. The highest BCUT2D eigenvalue weighted by molar-refractivity contribution is 5.96. The van der Waals surface area contributed by atoms with Gasteiger partial charge in [0.05, 0.1) is 12.8 Å². The molecule has 4 heteroatoms.